The van der Waals surface area contributed by atoms with Crippen molar-refractivity contribution in [2.45, 2.75) is 30.2 Å². The number of carbonyl (C=O) groups excluding carboxylic acids is 1. The molecule has 0 radical (unpaired) electrons. The Labute approximate surface area is 164 Å². The van der Waals surface area contributed by atoms with Crippen LogP contribution in [0.15, 0.2) is 30.3 Å². The minimum Gasteiger partial charge on any atom is -0.482 e. The summed E-state index contributed by atoms with van der Waals surface area (Å²) in [5.74, 6) is -2.40. The zero-order valence-corrected chi connectivity index (χ0v) is 15.9. The van der Waals surface area contributed by atoms with E-state index < -0.39 is 45.0 Å². The van der Waals surface area contributed by atoms with Crippen molar-refractivity contribution in [3.63, 3.8) is 0 Å². The zero-order valence-electron chi connectivity index (χ0n) is 14.3. The molecule has 1 saturated carbocycles. The number of benzene rings is 2. The Morgan fingerprint density at radius 1 is 1.18 bits per heavy atom. The molecule has 6 nitrogen and oxygen atoms in total. The van der Waals surface area contributed by atoms with E-state index >= 15 is 0 Å². The van der Waals surface area contributed by atoms with E-state index in [0.29, 0.717) is 18.4 Å². The van der Waals surface area contributed by atoms with Crippen LogP contribution in [0.4, 0.5) is 8.78 Å². The number of ether oxygens (including phenoxy) is 1. The lowest BCUT2D eigenvalue weighted by Crippen LogP contribution is -2.34. The molecule has 2 aromatic rings. The zero-order chi connectivity index (χ0) is 20.2. The average molecular weight is 429 g/mol. The summed E-state index contributed by atoms with van der Waals surface area (Å²) in [4.78, 5) is 11.7. The number of hydrogen-bond acceptors (Lipinski definition) is 4. The lowest BCUT2D eigenvalue weighted by molar-refractivity contribution is 0.0994. The van der Waals surface area contributed by atoms with Gasteiger partial charge in [-0.05, 0) is 42.7 Å². The predicted octanol–water partition coefficient (Wildman–Crippen LogP) is 2.97. The van der Waals surface area contributed by atoms with Crippen LogP contribution in [0.3, 0.4) is 0 Å². The third-order valence-electron chi connectivity index (χ3n) is 4.79. The van der Waals surface area contributed by atoms with Crippen molar-refractivity contribution < 1.29 is 26.7 Å². The fourth-order valence-electron chi connectivity index (χ4n) is 3.25. The van der Waals surface area contributed by atoms with Gasteiger partial charge in [-0.15, -0.1) is 0 Å². The van der Waals surface area contributed by atoms with Crippen molar-refractivity contribution in [2.24, 2.45) is 5.73 Å². The Hall–Kier alpha value is -2.23. The average Bonchev–Trinajstić information content (AvgIpc) is 3.41. The minimum absolute atomic E-state index is 0.0808. The first kappa shape index (κ1) is 19.1. The smallest absolute Gasteiger partial charge is 0.252 e. The van der Waals surface area contributed by atoms with E-state index in [0.717, 1.165) is 12.1 Å². The van der Waals surface area contributed by atoms with Gasteiger partial charge in [0.15, 0.2) is 0 Å². The van der Waals surface area contributed by atoms with Crippen LogP contribution in [-0.2, 0) is 10.0 Å². The van der Waals surface area contributed by atoms with Gasteiger partial charge in [0.1, 0.15) is 23.5 Å². The molecule has 0 bridgehead atoms. The highest BCUT2D eigenvalue weighted by molar-refractivity contribution is 7.90. The van der Waals surface area contributed by atoms with Crippen LogP contribution in [0.25, 0.3) is 0 Å². The molecule has 2 aromatic carbocycles. The molecule has 2 unspecified atom stereocenters. The predicted molar refractivity (Wildman–Crippen MR) is 97.5 cm³/mol. The van der Waals surface area contributed by atoms with Crippen LogP contribution in [0, 0.1) is 11.6 Å². The lowest BCUT2D eigenvalue weighted by Gasteiger charge is -2.21. The molecule has 1 amide bonds. The van der Waals surface area contributed by atoms with Gasteiger partial charge in [-0.1, -0.05) is 17.7 Å². The molecule has 0 spiro atoms. The van der Waals surface area contributed by atoms with Gasteiger partial charge in [0.25, 0.3) is 5.91 Å². The van der Waals surface area contributed by atoms with E-state index in [-0.39, 0.29) is 21.9 Å². The van der Waals surface area contributed by atoms with E-state index in [1.165, 1.54) is 18.2 Å². The number of carbonyl (C=O) groups is 1. The molecule has 148 valence electrons. The van der Waals surface area contributed by atoms with Gasteiger partial charge in [0, 0.05) is 0 Å². The summed E-state index contributed by atoms with van der Waals surface area (Å²) in [6.45, 7) is 0. The normalized spacial score (nSPS) is 21.2. The maximum atomic E-state index is 14.7. The third kappa shape index (κ3) is 3.23. The number of fused-ring (bicyclic) bond motifs is 1. The molecule has 2 atom stereocenters. The van der Waals surface area contributed by atoms with Crippen LogP contribution in [0.2, 0.25) is 5.02 Å². The quantitative estimate of drug-likeness (QED) is 0.764. The number of halogens is 3. The molecular formula is C18H15ClF2N2O4S. The van der Waals surface area contributed by atoms with Crippen molar-refractivity contribution in [1.29, 1.82) is 0 Å². The Morgan fingerprint density at radius 2 is 1.86 bits per heavy atom. The van der Waals surface area contributed by atoms with E-state index in [4.69, 9.17) is 22.1 Å². The van der Waals surface area contributed by atoms with Crippen molar-refractivity contribution in [2.75, 3.05) is 0 Å². The number of nitrogens with two attached hydrogens (primary N) is 1. The second-order valence-corrected chi connectivity index (χ2v) is 9.15. The largest absolute Gasteiger partial charge is 0.482 e. The monoisotopic (exact) mass is 428 g/mol. The van der Waals surface area contributed by atoms with Crippen LogP contribution in [-0.4, -0.2) is 19.6 Å². The second kappa shape index (κ2) is 6.68. The first-order chi connectivity index (χ1) is 13.2. The minimum atomic E-state index is -3.74. The number of hydrogen-bond donors (Lipinski definition) is 2. The Balaban J connectivity index is 1.85. The molecular weight excluding hydrogens is 414 g/mol. The van der Waals surface area contributed by atoms with Gasteiger partial charge in [-0.25, -0.2) is 21.9 Å². The van der Waals surface area contributed by atoms with Crippen LogP contribution in [0.1, 0.15) is 46.5 Å². The number of nitrogens with one attached hydrogen (secondary N) is 1. The summed E-state index contributed by atoms with van der Waals surface area (Å²) < 4.78 is 61.5. The van der Waals surface area contributed by atoms with Gasteiger partial charge in [-0.3, -0.25) is 4.79 Å². The van der Waals surface area contributed by atoms with E-state index in [1.807, 2.05) is 0 Å². The summed E-state index contributed by atoms with van der Waals surface area (Å²) in [6.07, 6.45) is -0.0455. The SMILES string of the molecule is NC(=O)c1ccc(F)c2c1OC(c1ccc(F)c(Cl)c1)C2NS(=O)(=O)C1CC1. The topological polar surface area (TPSA) is 98.5 Å². The highest BCUT2D eigenvalue weighted by atomic mass is 35.5. The molecule has 0 aromatic heterocycles. The standard InChI is InChI=1S/C18H15ClF2N2O4S/c19-11-7-8(1-5-12(11)20)16-15(23-28(25,26)9-2-3-9)14-13(21)6-4-10(18(22)24)17(14)27-16/h1,4-7,9,15-16,23H,2-3H2,(H2,22,24). The molecule has 2 aliphatic rings. The molecule has 1 fully saturated rings. The first-order valence-corrected chi connectivity index (χ1v) is 10.4. The molecule has 1 aliphatic carbocycles. The van der Waals surface area contributed by atoms with Crippen molar-refractivity contribution in [3.8, 4) is 5.75 Å². The van der Waals surface area contributed by atoms with E-state index in [9.17, 15) is 22.0 Å². The maximum absolute atomic E-state index is 14.7. The highest BCUT2D eigenvalue weighted by Gasteiger charge is 2.45. The highest BCUT2D eigenvalue weighted by Crippen LogP contribution is 2.48. The van der Waals surface area contributed by atoms with Crippen LogP contribution in [0.5, 0.6) is 5.75 Å². The third-order valence-corrected chi connectivity index (χ3v) is 7.01. The number of amides is 1. The van der Waals surface area contributed by atoms with Crippen LogP contribution < -0.4 is 15.2 Å². The van der Waals surface area contributed by atoms with Gasteiger partial charge in [-0.2, -0.15) is 0 Å². The summed E-state index contributed by atoms with van der Waals surface area (Å²) in [6, 6.07) is 4.76. The van der Waals surface area contributed by atoms with Crippen molar-refractivity contribution >= 4 is 27.5 Å². The number of sulfonamides is 1. The Bertz CT molecular complexity index is 1090. The van der Waals surface area contributed by atoms with Gasteiger partial charge < -0.3 is 10.5 Å². The molecule has 28 heavy (non-hydrogen) atoms. The molecule has 0 saturated heterocycles. The molecule has 4 rings (SSSR count). The Kier molecular flexibility index (Phi) is 4.56. The molecule has 3 N–H and O–H groups in total. The fraction of sp³-hybridized carbons (Fsp3) is 0.278. The van der Waals surface area contributed by atoms with Gasteiger partial charge in [0.05, 0.1) is 27.4 Å². The van der Waals surface area contributed by atoms with Gasteiger partial charge >= 0.3 is 0 Å². The second-order valence-electron chi connectivity index (χ2n) is 6.75. The van der Waals surface area contributed by atoms with Crippen LogP contribution >= 0.6 is 11.6 Å². The van der Waals surface area contributed by atoms with Gasteiger partial charge in [0.2, 0.25) is 10.0 Å². The van der Waals surface area contributed by atoms with E-state index in [1.54, 1.807) is 0 Å². The molecule has 10 heteroatoms. The molecule has 1 aliphatic heterocycles. The summed E-state index contributed by atoms with van der Waals surface area (Å²) in [7, 11) is -3.74. The summed E-state index contributed by atoms with van der Waals surface area (Å²) in [5.41, 5.74) is 5.47. The van der Waals surface area contributed by atoms with Crippen molar-refractivity contribution in [3.05, 3.63) is 63.7 Å². The summed E-state index contributed by atoms with van der Waals surface area (Å²) in [5, 5.41) is -0.757. The first-order valence-electron chi connectivity index (χ1n) is 8.44. The number of rotatable bonds is 5. The Morgan fingerprint density at radius 3 is 2.46 bits per heavy atom. The van der Waals surface area contributed by atoms with Crippen molar-refractivity contribution in [1.82, 2.24) is 4.72 Å². The number of primary amides is 1. The maximum Gasteiger partial charge on any atom is 0.252 e. The molecule has 1 heterocycles. The fourth-order valence-corrected chi connectivity index (χ4v) is 4.99. The lowest BCUT2D eigenvalue weighted by atomic mass is 9.97. The van der Waals surface area contributed by atoms with E-state index in [2.05, 4.69) is 4.72 Å². The summed E-state index contributed by atoms with van der Waals surface area (Å²) >= 11 is 5.84.